The van der Waals surface area contributed by atoms with Gasteiger partial charge in [-0.15, -0.1) is 0 Å². The molecule has 0 aliphatic heterocycles. The molecule has 0 radical (unpaired) electrons. The molecular weight excluding hydrogens is 404 g/mol. The van der Waals surface area contributed by atoms with Crippen LogP contribution in [-0.4, -0.2) is 19.0 Å². The standard InChI is InChI=1S/C30H46N2O/c1-4-7-8-9-10-11-12-13-14-15-16-17-18-19-20-21-25-28(30(31)33)27-24-22-23-26-29(27)32(5-2)6-3/h10-11,13-14,16-17,19-20,22-24,26,28H,4-9,12,15,18,21,25H2,1-3H3,(H2,31,33)/b11-10-,14-13-,17-16-,20-19-. The van der Waals surface area contributed by atoms with Gasteiger partial charge >= 0.3 is 0 Å². The third-order valence-electron chi connectivity index (χ3n) is 5.84. The second-order valence-corrected chi connectivity index (χ2v) is 8.35. The van der Waals surface area contributed by atoms with Gasteiger partial charge in [-0.2, -0.15) is 0 Å². The molecule has 0 spiro atoms. The molecule has 1 unspecified atom stereocenters. The Labute approximate surface area is 203 Å². The lowest BCUT2D eigenvalue weighted by molar-refractivity contribution is -0.119. The number of para-hydroxylation sites is 1. The van der Waals surface area contributed by atoms with E-state index < -0.39 is 0 Å². The minimum atomic E-state index is -0.257. The van der Waals surface area contributed by atoms with Gasteiger partial charge in [0, 0.05) is 18.8 Å². The van der Waals surface area contributed by atoms with Crippen LogP contribution in [0.5, 0.6) is 0 Å². The molecule has 1 aromatic carbocycles. The summed E-state index contributed by atoms with van der Waals surface area (Å²) in [5, 5.41) is 0. The highest BCUT2D eigenvalue weighted by molar-refractivity contribution is 5.84. The lowest BCUT2D eigenvalue weighted by Crippen LogP contribution is -2.27. The molecule has 1 amide bonds. The number of primary amides is 1. The third-order valence-corrected chi connectivity index (χ3v) is 5.84. The number of benzene rings is 1. The molecule has 0 fully saturated rings. The number of anilines is 1. The molecule has 3 nitrogen and oxygen atoms in total. The first-order chi connectivity index (χ1) is 16.2. The molecule has 0 aromatic heterocycles. The summed E-state index contributed by atoms with van der Waals surface area (Å²) >= 11 is 0. The van der Waals surface area contributed by atoms with E-state index in [1.54, 1.807) is 0 Å². The Bertz CT molecular complexity index is 756. The first-order valence-electron chi connectivity index (χ1n) is 12.9. The van der Waals surface area contributed by atoms with Crippen molar-refractivity contribution >= 4 is 11.6 Å². The summed E-state index contributed by atoms with van der Waals surface area (Å²) in [4.78, 5) is 14.5. The fourth-order valence-corrected chi connectivity index (χ4v) is 3.91. The topological polar surface area (TPSA) is 46.3 Å². The zero-order valence-corrected chi connectivity index (χ0v) is 21.2. The molecule has 0 aliphatic rings. The van der Waals surface area contributed by atoms with Gasteiger partial charge in [0.1, 0.15) is 0 Å². The number of unbranched alkanes of at least 4 members (excludes halogenated alkanes) is 3. The van der Waals surface area contributed by atoms with Crippen LogP contribution in [0.15, 0.2) is 72.9 Å². The van der Waals surface area contributed by atoms with Crippen molar-refractivity contribution in [3.05, 3.63) is 78.4 Å². The molecule has 1 atom stereocenters. The SMILES string of the molecule is CCCCC/C=C\C/C=C\C/C=C\C/C=C\CCC(C(N)=O)c1ccccc1N(CC)CC. The Hall–Kier alpha value is -2.55. The van der Waals surface area contributed by atoms with Crippen LogP contribution in [0.4, 0.5) is 5.69 Å². The molecule has 1 aromatic rings. The highest BCUT2D eigenvalue weighted by atomic mass is 16.1. The van der Waals surface area contributed by atoms with Crippen molar-refractivity contribution in [2.24, 2.45) is 5.73 Å². The number of carbonyl (C=O) groups is 1. The van der Waals surface area contributed by atoms with Crippen molar-refractivity contribution < 1.29 is 4.79 Å². The minimum Gasteiger partial charge on any atom is -0.372 e. The molecule has 1 rings (SSSR count). The second-order valence-electron chi connectivity index (χ2n) is 8.35. The fraction of sp³-hybridized carbons (Fsp3) is 0.500. The highest BCUT2D eigenvalue weighted by Gasteiger charge is 2.21. The maximum atomic E-state index is 12.2. The van der Waals surface area contributed by atoms with Crippen LogP contribution in [0, 0.1) is 0 Å². The van der Waals surface area contributed by atoms with Gasteiger partial charge in [0.05, 0.1) is 5.92 Å². The van der Waals surface area contributed by atoms with Crippen molar-refractivity contribution in [3.63, 3.8) is 0 Å². The summed E-state index contributed by atoms with van der Waals surface area (Å²) in [5.41, 5.74) is 7.95. The number of hydrogen-bond donors (Lipinski definition) is 1. The van der Waals surface area contributed by atoms with E-state index in [2.05, 4.69) is 80.3 Å². The van der Waals surface area contributed by atoms with Crippen LogP contribution in [0.25, 0.3) is 0 Å². The van der Waals surface area contributed by atoms with Crippen LogP contribution in [0.1, 0.15) is 90.0 Å². The van der Waals surface area contributed by atoms with E-state index in [0.717, 1.165) is 56.4 Å². The van der Waals surface area contributed by atoms with Gasteiger partial charge in [0.25, 0.3) is 0 Å². The summed E-state index contributed by atoms with van der Waals surface area (Å²) in [6.45, 7) is 8.34. The van der Waals surface area contributed by atoms with Crippen LogP contribution in [-0.2, 0) is 4.79 Å². The zero-order valence-electron chi connectivity index (χ0n) is 21.2. The summed E-state index contributed by atoms with van der Waals surface area (Å²) in [6.07, 6.45) is 27.4. The number of hydrogen-bond acceptors (Lipinski definition) is 2. The molecule has 0 aliphatic carbocycles. The molecule has 0 saturated carbocycles. The second kappa shape index (κ2) is 19.0. The molecule has 0 bridgehead atoms. The summed E-state index contributed by atoms with van der Waals surface area (Å²) in [6, 6.07) is 8.17. The number of allylic oxidation sites excluding steroid dienone is 8. The van der Waals surface area contributed by atoms with Gasteiger partial charge in [-0.3, -0.25) is 4.79 Å². The largest absolute Gasteiger partial charge is 0.372 e. The lowest BCUT2D eigenvalue weighted by Gasteiger charge is -2.26. The molecule has 33 heavy (non-hydrogen) atoms. The Morgan fingerprint density at radius 3 is 1.91 bits per heavy atom. The van der Waals surface area contributed by atoms with Gasteiger partial charge < -0.3 is 10.6 Å². The van der Waals surface area contributed by atoms with Gasteiger partial charge in [0.2, 0.25) is 5.91 Å². The lowest BCUT2D eigenvalue weighted by atomic mass is 9.91. The Morgan fingerprint density at radius 2 is 1.36 bits per heavy atom. The quantitative estimate of drug-likeness (QED) is 0.183. The van der Waals surface area contributed by atoms with E-state index in [1.165, 1.54) is 25.7 Å². The molecular formula is C30H46N2O. The summed E-state index contributed by atoms with van der Waals surface area (Å²) < 4.78 is 0. The van der Waals surface area contributed by atoms with E-state index in [4.69, 9.17) is 5.73 Å². The van der Waals surface area contributed by atoms with Crippen molar-refractivity contribution in [1.29, 1.82) is 0 Å². The smallest absolute Gasteiger partial charge is 0.225 e. The average molecular weight is 451 g/mol. The third kappa shape index (κ3) is 12.3. The Morgan fingerprint density at radius 1 is 0.818 bits per heavy atom. The van der Waals surface area contributed by atoms with Crippen LogP contribution in [0.2, 0.25) is 0 Å². The highest BCUT2D eigenvalue weighted by Crippen LogP contribution is 2.30. The van der Waals surface area contributed by atoms with Crippen molar-refractivity contribution in [1.82, 2.24) is 0 Å². The number of nitrogens with two attached hydrogens (primary N) is 1. The van der Waals surface area contributed by atoms with Gasteiger partial charge in [0.15, 0.2) is 0 Å². The minimum absolute atomic E-state index is 0.245. The van der Waals surface area contributed by atoms with Crippen LogP contribution in [0.3, 0.4) is 0 Å². The van der Waals surface area contributed by atoms with E-state index >= 15 is 0 Å². The number of nitrogens with zero attached hydrogens (tertiary/aromatic N) is 1. The van der Waals surface area contributed by atoms with Gasteiger partial charge in [-0.05, 0) is 70.4 Å². The normalized spacial score (nSPS) is 13.1. The van der Waals surface area contributed by atoms with Gasteiger partial charge in [-0.25, -0.2) is 0 Å². The summed E-state index contributed by atoms with van der Waals surface area (Å²) in [5.74, 6) is -0.502. The fourth-order valence-electron chi connectivity index (χ4n) is 3.91. The first-order valence-corrected chi connectivity index (χ1v) is 12.9. The van der Waals surface area contributed by atoms with E-state index in [1.807, 2.05) is 18.2 Å². The monoisotopic (exact) mass is 450 g/mol. The summed E-state index contributed by atoms with van der Waals surface area (Å²) in [7, 11) is 0. The predicted octanol–water partition coefficient (Wildman–Crippen LogP) is 7.86. The maximum Gasteiger partial charge on any atom is 0.225 e. The van der Waals surface area contributed by atoms with Crippen molar-refractivity contribution in [3.8, 4) is 0 Å². The zero-order chi connectivity index (χ0) is 24.2. The van der Waals surface area contributed by atoms with Crippen molar-refractivity contribution in [2.45, 2.75) is 84.5 Å². The van der Waals surface area contributed by atoms with Gasteiger partial charge in [-0.1, -0.05) is 86.6 Å². The first kappa shape index (κ1) is 28.5. The molecule has 2 N–H and O–H groups in total. The Balaban J connectivity index is 2.38. The Kier molecular flexibility index (Phi) is 16.4. The van der Waals surface area contributed by atoms with E-state index in [0.29, 0.717) is 0 Å². The molecule has 0 saturated heterocycles. The maximum absolute atomic E-state index is 12.2. The van der Waals surface area contributed by atoms with Crippen LogP contribution < -0.4 is 10.6 Å². The van der Waals surface area contributed by atoms with E-state index in [-0.39, 0.29) is 11.8 Å². The molecule has 182 valence electrons. The average Bonchev–Trinajstić information content (AvgIpc) is 2.82. The number of rotatable bonds is 18. The van der Waals surface area contributed by atoms with Crippen molar-refractivity contribution in [2.75, 3.05) is 18.0 Å². The molecule has 3 heteroatoms. The number of amides is 1. The number of carbonyl (C=O) groups excluding carboxylic acids is 1. The predicted molar refractivity (Wildman–Crippen MR) is 146 cm³/mol. The molecule has 0 heterocycles. The van der Waals surface area contributed by atoms with Crippen LogP contribution >= 0.6 is 0 Å². The van der Waals surface area contributed by atoms with E-state index in [9.17, 15) is 4.79 Å².